The van der Waals surface area contributed by atoms with Gasteiger partial charge in [0.05, 0.1) is 0 Å². The molecule has 18 heavy (non-hydrogen) atoms. The minimum atomic E-state index is 0.864. The van der Waals surface area contributed by atoms with Gasteiger partial charge >= 0.3 is 0 Å². The summed E-state index contributed by atoms with van der Waals surface area (Å²) in [5.41, 5.74) is 7.70. The maximum atomic E-state index is 3.79. The van der Waals surface area contributed by atoms with Gasteiger partial charge in [0.1, 0.15) is 0 Å². The van der Waals surface area contributed by atoms with Gasteiger partial charge < -0.3 is 0 Å². The Kier molecular flexibility index (Phi) is 3.96. The third-order valence-electron chi connectivity index (χ3n) is 2.87. The van der Waals surface area contributed by atoms with Crippen LogP contribution in [0.1, 0.15) is 11.1 Å². The molecule has 0 aliphatic rings. The molecule has 2 rings (SSSR count). The van der Waals surface area contributed by atoms with E-state index in [1.807, 2.05) is 18.2 Å². The summed E-state index contributed by atoms with van der Waals surface area (Å²) < 4.78 is 0. The molecule has 0 aliphatic carbocycles. The highest BCUT2D eigenvalue weighted by atomic mass is 14.1. The Morgan fingerprint density at radius 3 is 2.44 bits per heavy atom. The first-order valence-corrected chi connectivity index (χ1v) is 6.00. The van der Waals surface area contributed by atoms with E-state index in [1.54, 1.807) is 0 Å². The summed E-state index contributed by atoms with van der Waals surface area (Å²) in [4.78, 5) is 0. The third kappa shape index (κ3) is 2.68. The fourth-order valence-corrected chi connectivity index (χ4v) is 1.99. The van der Waals surface area contributed by atoms with Gasteiger partial charge in [-0.2, -0.15) is 0 Å². The van der Waals surface area contributed by atoms with Crippen LogP contribution in [0.2, 0.25) is 0 Å². The molecule has 0 saturated heterocycles. The summed E-state index contributed by atoms with van der Waals surface area (Å²) in [6, 6.07) is 16.8. The van der Waals surface area contributed by atoms with Crippen molar-refractivity contribution in [2.75, 3.05) is 0 Å². The number of hydrogen-bond donors (Lipinski definition) is 0. The van der Waals surface area contributed by atoms with Gasteiger partial charge in [0.15, 0.2) is 0 Å². The summed E-state index contributed by atoms with van der Waals surface area (Å²) in [7, 11) is 0. The molecule has 0 unspecified atom stereocenters. The van der Waals surface area contributed by atoms with Gasteiger partial charge in [0.25, 0.3) is 0 Å². The van der Waals surface area contributed by atoms with Crippen LogP contribution in [0.4, 0.5) is 0 Å². The van der Waals surface area contributed by atoms with Crippen molar-refractivity contribution in [3.63, 3.8) is 0 Å². The number of benzene rings is 2. The fraction of sp³-hybridized carbons (Fsp3) is 0.0556. The van der Waals surface area contributed by atoms with Gasteiger partial charge in [-0.1, -0.05) is 55.1 Å². The van der Waals surface area contributed by atoms with E-state index in [2.05, 4.69) is 61.4 Å². The fourth-order valence-electron chi connectivity index (χ4n) is 1.99. The van der Waals surface area contributed by atoms with Crippen molar-refractivity contribution in [3.05, 3.63) is 84.6 Å². The third-order valence-corrected chi connectivity index (χ3v) is 2.87. The lowest BCUT2D eigenvalue weighted by Crippen LogP contribution is -1.88. The molecule has 0 aliphatic heterocycles. The predicted molar refractivity (Wildman–Crippen MR) is 79.4 cm³/mol. The molecule has 0 fully saturated rings. The Morgan fingerprint density at radius 1 is 1.00 bits per heavy atom. The highest BCUT2D eigenvalue weighted by molar-refractivity contribution is 5.69. The van der Waals surface area contributed by atoms with E-state index in [4.69, 9.17) is 0 Å². The standard InChI is InChI=1S/C18H16/c1-3-8-15-12-13-18(14-17(15)9-4-2)16-10-6-5-7-11-16/h3,5-7,9-14H,1-2,8H2. The second kappa shape index (κ2) is 5.86. The summed E-state index contributed by atoms with van der Waals surface area (Å²) in [6.07, 6.45) is 4.70. The lowest BCUT2D eigenvalue weighted by molar-refractivity contribution is 1.26. The molecule has 0 nitrogen and oxygen atoms in total. The topological polar surface area (TPSA) is 0 Å². The smallest absolute Gasteiger partial charge is 0.00940 e. The molecule has 88 valence electrons. The van der Waals surface area contributed by atoms with Gasteiger partial charge in [-0.05, 0) is 40.8 Å². The van der Waals surface area contributed by atoms with Crippen molar-refractivity contribution in [2.24, 2.45) is 0 Å². The van der Waals surface area contributed by atoms with Crippen molar-refractivity contribution in [3.8, 4) is 11.1 Å². The Balaban J connectivity index is 2.49. The number of rotatable bonds is 4. The average molecular weight is 232 g/mol. The maximum absolute atomic E-state index is 3.79. The molecule has 2 aromatic carbocycles. The molecular formula is C18H16. The Hall–Kier alpha value is -2.30. The molecule has 2 aromatic rings. The van der Waals surface area contributed by atoms with Crippen LogP contribution < -0.4 is 0 Å². The predicted octanol–water partition coefficient (Wildman–Crippen LogP) is 4.88. The van der Waals surface area contributed by atoms with Crippen molar-refractivity contribution < 1.29 is 0 Å². The molecule has 0 spiro atoms. The highest BCUT2D eigenvalue weighted by Crippen LogP contribution is 2.23. The minimum absolute atomic E-state index is 0.864. The van der Waals surface area contributed by atoms with Gasteiger partial charge in [-0.3, -0.25) is 0 Å². The normalized spacial score (nSPS) is 9.56. The molecule has 0 bridgehead atoms. The average Bonchev–Trinajstić information content (AvgIpc) is 2.42. The van der Waals surface area contributed by atoms with E-state index in [0.717, 1.165) is 12.0 Å². The van der Waals surface area contributed by atoms with E-state index in [9.17, 15) is 0 Å². The van der Waals surface area contributed by atoms with Gasteiger partial charge in [-0.15, -0.1) is 12.3 Å². The summed E-state index contributed by atoms with van der Waals surface area (Å²) in [5, 5.41) is 0. The molecule has 0 heteroatoms. The van der Waals surface area contributed by atoms with Crippen LogP contribution in [0.25, 0.3) is 17.2 Å². The Morgan fingerprint density at radius 2 is 1.78 bits per heavy atom. The first-order chi connectivity index (χ1) is 8.85. The summed E-state index contributed by atoms with van der Waals surface area (Å²) in [5.74, 6) is 0. The first-order valence-electron chi connectivity index (χ1n) is 6.00. The second-order valence-corrected chi connectivity index (χ2v) is 4.12. The van der Waals surface area contributed by atoms with Crippen LogP contribution in [-0.4, -0.2) is 0 Å². The molecule has 0 aromatic heterocycles. The quantitative estimate of drug-likeness (QED) is 0.520. The van der Waals surface area contributed by atoms with Gasteiger partial charge in [0.2, 0.25) is 0 Å². The van der Waals surface area contributed by atoms with E-state index in [-0.39, 0.29) is 0 Å². The molecule has 0 saturated carbocycles. The van der Waals surface area contributed by atoms with Gasteiger partial charge in [0, 0.05) is 0 Å². The molecular weight excluding hydrogens is 216 g/mol. The lowest BCUT2D eigenvalue weighted by Gasteiger charge is -2.07. The van der Waals surface area contributed by atoms with Crippen LogP contribution in [0.3, 0.4) is 0 Å². The van der Waals surface area contributed by atoms with E-state index < -0.39 is 0 Å². The summed E-state index contributed by atoms with van der Waals surface area (Å²) >= 11 is 0. The molecule has 0 radical (unpaired) electrons. The van der Waals surface area contributed by atoms with E-state index in [0.29, 0.717) is 0 Å². The SMILES string of the molecule is C=C=Cc1cc(-c2ccccc2)ccc1CC=C. The van der Waals surface area contributed by atoms with Crippen molar-refractivity contribution in [2.45, 2.75) is 6.42 Å². The first kappa shape index (κ1) is 12.2. The lowest BCUT2D eigenvalue weighted by atomic mass is 9.97. The zero-order valence-corrected chi connectivity index (χ0v) is 10.4. The number of allylic oxidation sites excluding steroid dienone is 1. The van der Waals surface area contributed by atoms with Gasteiger partial charge in [-0.25, -0.2) is 0 Å². The second-order valence-electron chi connectivity index (χ2n) is 4.12. The molecule has 0 amide bonds. The monoisotopic (exact) mass is 232 g/mol. The molecule has 0 atom stereocenters. The van der Waals surface area contributed by atoms with Crippen LogP contribution in [-0.2, 0) is 6.42 Å². The van der Waals surface area contributed by atoms with Crippen LogP contribution in [0.15, 0.2) is 73.5 Å². The van der Waals surface area contributed by atoms with Crippen LogP contribution in [0, 0.1) is 0 Å². The van der Waals surface area contributed by atoms with Crippen molar-refractivity contribution in [1.82, 2.24) is 0 Å². The highest BCUT2D eigenvalue weighted by Gasteiger charge is 2.02. The largest absolute Gasteiger partial charge is 0.128 e. The Bertz CT molecular complexity index is 585. The maximum Gasteiger partial charge on any atom is -0.00940 e. The van der Waals surface area contributed by atoms with Crippen molar-refractivity contribution >= 4 is 6.08 Å². The van der Waals surface area contributed by atoms with Crippen LogP contribution in [0.5, 0.6) is 0 Å². The zero-order chi connectivity index (χ0) is 12.8. The molecule has 0 N–H and O–H groups in total. The minimum Gasteiger partial charge on any atom is -0.128 e. The van der Waals surface area contributed by atoms with Crippen molar-refractivity contribution in [1.29, 1.82) is 0 Å². The van der Waals surface area contributed by atoms with Crippen LogP contribution >= 0.6 is 0 Å². The Labute approximate surface area is 109 Å². The number of hydrogen-bond acceptors (Lipinski definition) is 0. The van der Waals surface area contributed by atoms with E-state index >= 15 is 0 Å². The zero-order valence-electron chi connectivity index (χ0n) is 10.4. The molecule has 0 heterocycles. The van der Waals surface area contributed by atoms with E-state index in [1.165, 1.54) is 16.7 Å². The summed E-state index contributed by atoms with van der Waals surface area (Å²) in [6.45, 7) is 7.44.